The van der Waals surface area contributed by atoms with Gasteiger partial charge < -0.3 is 23.2 Å². The van der Waals surface area contributed by atoms with Crippen LogP contribution in [-0.2, 0) is 5.41 Å². The van der Waals surface area contributed by atoms with Gasteiger partial charge in [0, 0.05) is 92.6 Å². The van der Waals surface area contributed by atoms with Crippen molar-refractivity contribution >= 4 is 190 Å². The SMILES string of the molecule is [B]c1c([B])c([B])c2c(c1[B])c1cc(C#N)ccc1n2-c1ccc2c(c1)N(c1ccc(C(C)(C)C)cc1-c1ccccc1)c1cc(-c3cccc4c3oc3ccc5sc6ccccc6c5c34)cc3c1B2c1ccc(-n2c4ccccc4c4ccccc42)cc1O3. The number of hydrogen-bond donors (Lipinski definition) is 0. The molecular weight excluding hydrogens is 1100 g/mol. The van der Waals surface area contributed by atoms with Crippen molar-refractivity contribution in [2.75, 3.05) is 4.90 Å². The van der Waals surface area contributed by atoms with Gasteiger partial charge in [-0.15, -0.1) is 22.3 Å². The van der Waals surface area contributed by atoms with E-state index in [2.05, 4.69) is 241 Å². The highest BCUT2D eigenvalue weighted by Gasteiger charge is 2.44. The van der Waals surface area contributed by atoms with Crippen molar-refractivity contribution in [3.05, 3.63) is 230 Å². The molecule has 406 valence electrons. The third-order valence-electron chi connectivity index (χ3n) is 18.8. The van der Waals surface area contributed by atoms with E-state index in [4.69, 9.17) is 40.5 Å². The number of para-hydroxylation sites is 3. The van der Waals surface area contributed by atoms with Crippen molar-refractivity contribution in [2.24, 2.45) is 0 Å². The van der Waals surface area contributed by atoms with E-state index >= 15 is 0 Å². The molecule has 0 N–H and O–H groups in total. The van der Waals surface area contributed by atoms with Gasteiger partial charge in [0.2, 0.25) is 0 Å². The highest BCUT2D eigenvalue weighted by molar-refractivity contribution is 7.26. The van der Waals surface area contributed by atoms with Crippen LogP contribution >= 0.6 is 11.3 Å². The van der Waals surface area contributed by atoms with Crippen molar-refractivity contribution < 1.29 is 9.15 Å². The smallest absolute Gasteiger partial charge is 0.256 e. The Kier molecular flexibility index (Phi) is 11.0. The Morgan fingerprint density at radius 1 is 0.472 bits per heavy atom. The Balaban J connectivity index is 0.957. The van der Waals surface area contributed by atoms with Gasteiger partial charge in [-0.3, -0.25) is 0 Å². The predicted octanol–water partition coefficient (Wildman–Crippen LogP) is 14.2. The summed E-state index contributed by atoms with van der Waals surface area (Å²) in [5, 5.41) is 18.6. The maximum atomic E-state index is 10.3. The van der Waals surface area contributed by atoms with E-state index in [1.54, 1.807) is 0 Å². The number of anilines is 3. The van der Waals surface area contributed by atoms with Crippen molar-refractivity contribution in [3.63, 3.8) is 0 Å². The summed E-state index contributed by atoms with van der Waals surface area (Å²) in [5.74, 6) is 1.50. The van der Waals surface area contributed by atoms with Crippen LogP contribution in [0.25, 0.3) is 119 Å². The number of ether oxygens (including phenoxy) is 1. The van der Waals surface area contributed by atoms with Crippen LogP contribution in [0.1, 0.15) is 31.9 Å². The third kappa shape index (κ3) is 7.37. The summed E-state index contributed by atoms with van der Waals surface area (Å²) in [5.41, 5.74) is 19.5. The number of thiophene rings is 1. The fourth-order valence-corrected chi connectivity index (χ4v) is 15.8. The number of hydrogen-bond acceptors (Lipinski definition) is 5. The topological polar surface area (TPSA) is 59.3 Å². The molecule has 0 amide bonds. The minimum atomic E-state index is -0.311. The first-order chi connectivity index (χ1) is 43.4. The molecule has 8 radical (unpaired) electrons. The molecule has 0 spiro atoms. The normalized spacial score (nSPS) is 12.9. The Labute approximate surface area is 522 Å². The van der Waals surface area contributed by atoms with Gasteiger partial charge >= 0.3 is 0 Å². The molecule has 0 atom stereocenters. The zero-order chi connectivity index (χ0) is 59.9. The van der Waals surface area contributed by atoms with Crippen LogP contribution in [0, 0.1) is 11.3 Å². The molecule has 18 rings (SSSR count). The maximum Gasteiger partial charge on any atom is 0.256 e. The van der Waals surface area contributed by atoms with Crippen LogP contribution in [0.3, 0.4) is 0 Å². The number of rotatable bonds is 5. The lowest BCUT2D eigenvalue weighted by Crippen LogP contribution is -2.59. The van der Waals surface area contributed by atoms with E-state index < -0.39 is 0 Å². The second kappa shape index (κ2) is 18.8. The Hall–Kier alpha value is -10.3. The molecule has 0 aliphatic carbocycles. The van der Waals surface area contributed by atoms with E-state index in [0.29, 0.717) is 27.4 Å². The van der Waals surface area contributed by atoms with Gasteiger partial charge in [0.15, 0.2) is 0 Å². The van der Waals surface area contributed by atoms with Gasteiger partial charge in [-0.25, -0.2) is 0 Å². The van der Waals surface area contributed by atoms with E-state index in [1.807, 2.05) is 29.5 Å². The summed E-state index contributed by atoms with van der Waals surface area (Å²) >= 11 is 1.81. The molecule has 12 aromatic carbocycles. The summed E-state index contributed by atoms with van der Waals surface area (Å²) in [6.45, 7) is 6.48. The van der Waals surface area contributed by atoms with Crippen LogP contribution in [-0.4, -0.2) is 47.2 Å². The van der Waals surface area contributed by atoms with Gasteiger partial charge in [-0.1, -0.05) is 153 Å². The molecule has 0 saturated heterocycles. The second-order valence-electron chi connectivity index (χ2n) is 24.7. The van der Waals surface area contributed by atoms with Gasteiger partial charge in [0.1, 0.15) is 54.1 Å². The maximum absolute atomic E-state index is 10.3. The van der Waals surface area contributed by atoms with Gasteiger partial charge in [-0.2, -0.15) is 5.26 Å². The largest absolute Gasteiger partial charge is 0.458 e. The fourth-order valence-electron chi connectivity index (χ4n) is 14.7. The van der Waals surface area contributed by atoms with E-state index in [1.165, 1.54) is 36.5 Å². The molecule has 0 bridgehead atoms. The summed E-state index contributed by atoms with van der Waals surface area (Å²) < 4.78 is 21.7. The van der Waals surface area contributed by atoms with Crippen molar-refractivity contribution in [3.8, 4) is 51.2 Å². The molecule has 6 heterocycles. The molecule has 0 fully saturated rings. The van der Waals surface area contributed by atoms with E-state index in [-0.39, 0.29) is 23.1 Å². The first-order valence-electron chi connectivity index (χ1n) is 29.9. The lowest BCUT2D eigenvalue weighted by atomic mass is 9.34. The number of fused-ring (bicyclic) bond motifs is 17. The van der Waals surface area contributed by atoms with Crippen LogP contribution < -0.4 is 47.9 Å². The van der Waals surface area contributed by atoms with Crippen molar-refractivity contribution in [1.82, 2.24) is 9.13 Å². The van der Waals surface area contributed by atoms with Crippen LogP contribution in [0.5, 0.6) is 11.5 Å². The summed E-state index contributed by atoms with van der Waals surface area (Å²) in [7, 11) is 27.6. The van der Waals surface area contributed by atoms with Gasteiger partial charge in [-0.05, 0) is 135 Å². The number of nitriles is 1. The Morgan fingerprint density at radius 3 is 1.94 bits per heavy atom. The highest BCUT2D eigenvalue weighted by Crippen LogP contribution is 2.50. The van der Waals surface area contributed by atoms with E-state index in [0.717, 1.165) is 122 Å². The summed E-state index contributed by atoms with van der Waals surface area (Å²) in [4.78, 5) is 2.44. The number of benzene rings is 12. The summed E-state index contributed by atoms with van der Waals surface area (Å²) in [6.07, 6.45) is 0. The lowest BCUT2D eigenvalue weighted by molar-refractivity contribution is 0.487. The second-order valence-corrected chi connectivity index (χ2v) is 25.8. The van der Waals surface area contributed by atoms with Crippen LogP contribution in [0.2, 0.25) is 0 Å². The average molecular weight is 1140 g/mol. The monoisotopic (exact) mass is 1140 g/mol. The summed E-state index contributed by atoms with van der Waals surface area (Å²) in [6, 6.07) is 80.3. The van der Waals surface area contributed by atoms with Crippen LogP contribution in [0.4, 0.5) is 17.1 Å². The third-order valence-corrected chi connectivity index (χ3v) is 20.0. The zero-order valence-corrected chi connectivity index (χ0v) is 49.5. The standard InChI is InChI=1S/C77H45B5N4O2S/c1-77(2,3)44-25-31-58(52(37-44)42-14-5-4-6-15-42)86-60-38-45(85-59-30-24-41(40-83)34-53(59)69-70(78)71(79)72(80)73(81)75(69)85)26-28-54(60)82-55-29-27-46(84-56-21-10-7-16-48(56)49-17-8-11-22-57(49)84)39-63(55)87-64-36-43(35-61(86)74(64)82)47-19-13-20-51-67-62(88-76(47)51)32-33-66-68(67)50-18-9-12-23-65(50)89-66/h4-39H,1-3H3. The Bertz CT molecular complexity index is 5810. The first-order valence-corrected chi connectivity index (χ1v) is 30.7. The molecule has 2 aliphatic heterocycles. The van der Waals surface area contributed by atoms with E-state index in [9.17, 15) is 5.26 Å². The molecule has 6 nitrogen and oxygen atoms in total. The number of nitrogens with zero attached hydrogens (tertiary/aromatic N) is 4. The average Bonchev–Trinajstić information content (AvgIpc) is 1.80. The highest BCUT2D eigenvalue weighted by atomic mass is 32.1. The molecule has 0 saturated carbocycles. The van der Waals surface area contributed by atoms with Crippen molar-refractivity contribution in [1.29, 1.82) is 5.26 Å². The zero-order valence-electron chi connectivity index (χ0n) is 48.7. The Morgan fingerprint density at radius 2 is 1.17 bits per heavy atom. The predicted molar refractivity (Wildman–Crippen MR) is 377 cm³/mol. The molecule has 4 aromatic heterocycles. The quantitative estimate of drug-likeness (QED) is 0.161. The molecule has 16 aromatic rings. The lowest BCUT2D eigenvalue weighted by Gasteiger charge is -2.41. The van der Waals surface area contributed by atoms with Gasteiger partial charge in [0.05, 0.1) is 33.9 Å². The molecular formula is C77H45B5N4O2S. The molecule has 12 heteroatoms. The fraction of sp³-hybridized carbons (Fsp3) is 0.0519. The number of aromatic nitrogens is 2. The van der Waals surface area contributed by atoms with Gasteiger partial charge in [0.25, 0.3) is 6.71 Å². The molecule has 0 unspecified atom stereocenters. The number of furan rings is 1. The minimum absolute atomic E-state index is 0.171. The first kappa shape index (κ1) is 51.9. The molecule has 2 aliphatic rings. The van der Waals surface area contributed by atoms with Crippen molar-refractivity contribution in [2.45, 2.75) is 26.2 Å². The minimum Gasteiger partial charge on any atom is -0.458 e. The molecule has 89 heavy (non-hydrogen) atoms. The van der Waals surface area contributed by atoms with Crippen LogP contribution in [0.15, 0.2) is 223 Å².